The van der Waals surface area contributed by atoms with Gasteiger partial charge in [-0.2, -0.15) is 0 Å². The van der Waals surface area contributed by atoms with Crippen molar-refractivity contribution in [1.29, 1.82) is 0 Å². The molecule has 0 N–H and O–H groups in total. The Labute approximate surface area is 183 Å². The van der Waals surface area contributed by atoms with Crippen LogP contribution in [0.4, 0.5) is 0 Å². The minimum Gasteiger partial charge on any atom is -0.907 e. The molecule has 0 aromatic rings. The summed E-state index contributed by atoms with van der Waals surface area (Å²) in [6.45, 7) is 0. The largest absolute Gasteiger partial charge is 3.00 e. The average molecular weight is 633 g/mol. The molecule has 0 aromatic carbocycles. The van der Waals surface area contributed by atoms with Crippen LogP contribution in [0, 0.1) is 120 Å². The molecule has 15 heavy (non-hydrogen) atoms. The van der Waals surface area contributed by atoms with Crippen molar-refractivity contribution in [2.45, 2.75) is 0 Å². The van der Waals surface area contributed by atoms with E-state index in [9.17, 15) is 0 Å². The van der Waals surface area contributed by atoms with Crippen LogP contribution in [-0.4, -0.2) is 22.0 Å². The van der Waals surface area contributed by atoms with E-state index in [1.807, 2.05) is 0 Å². The first-order valence-electron chi connectivity index (χ1n) is 2.12. The van der Waals surface area contributed by atoms with E-state index in [1.165, 1.54) is 0 Å². The topological polar surface area (TPSA) is 208 Å². The molecule has 0 aliphatic rings. The summed E-state index contributed by atoms with van der Waals surface area (Å²) < 4.78 is 0. The van der Waals surface area contributed by atoms with Gasteiger partial charge in [-0.1, -0.05) is 0 Å². The van der Waals surface area contributed by atoms with Gasteiger partial charge in [0.1, 0.15) is 0 Å². The SMILES string of the molecule is [Ce+3].[Gd+3].[O-]B([O-])[O-].[O-]B([O-])[O-].[O-]B([O-])[O-].[Tb+3]. The molecular weight excluding hydrogens is 633 g/mol. The Morgan fingerprint density at radius 1 is 0.467 bits per heavy atom. The van der Waals surface area contributed by atoms with E-state index in [4.69, 9.17) is 45.2 Å². The molecule has 2 radical (unpaired) electrons. The van der Waals surface area contributed by atoms with Crippen LogP contribution >= 0.6 is 0 Å². The molecule has 84 valence electrons. The average Bonchev–Trinajstić information content (AvgIpc) is 1.54. The summed E-state index contributed by atoms with van der Waals surface area (Å²) in [4.78, 5) is 0. The normalized spacial score (nSPS) is 5.40. The molecule has 0 saturated heterocycles. The number of rotatable bonds is 0. The molecule has 0 spiro atoms. The molecule has 0 amide bonds. The van der Waals surface area contributed by atoms with Crippen LogP contribution in [0.25, 0.3) is 0 Å². The summed E-state index contributed by atoms with van der Waals surface area (Å²) in [6.07, 6.45) is 0. The second-order valence-corrected chi connectivity index (χ2v) is 0.866. The van der Waals surface area contributed by atoms with Crippen LogP contribution < -0.4 is 45.2 Å². The maximum atomic E-state index is 8.42. The van der Waals surface area contributed by atoms with Gasteiger partial charge in [0.25, 0.3) is 0 Å². The number of hydrogen-bond acceptors (Lipinski definition) is 9. The molecule has 0 fully saturated rings. The van der Waals surface area contributed by atoms with Gasteiger partial charge in [-0.25, -0.2) is 0 Å². The van der Waals surface area contributed by atoms with Crippen LogP contribution in [0.2, 0.25) is 0 Å². The standard InChI is InChI=1S/3BO3.Ce.Gd.Tb/c3*2-1(3)4;;;/q3*-3;3*+3. The first kappa shape index (κ1) is 36.4. The molecule has 0 atom stereocenters. The van der Waals surface area contributed by atoms with Crippen molar-refractivity contribution in [2.75, 3.05) is 0 Å². The summed E-state index contributed by atoms with van der Waals surface area (Å²) in [5, 5.41) is 75.8. The minimum absolute atomic E-state index is 0. The molecule has 0 heterocycles. The van der Waals surface area contributed by atoms with Crippen molar-refractivity contribution < 1.29 is 166 Å². The third-order valence-electron chi connectivity index (χ3n) is 0. The molecule has 0 saturated carbocycles. The second kappa shape index (κ2) is 30.7. The maximum absolute atomic E-state index is 8.42. The predicted molar refractivity (Wildman–Crippen MR) is 17.3 cm³/mol. The molecular formula is B3CeGdO9Tb. The second-order valence-electron chi connectivity index (χ2n) is 0.866. The van der Waals surface area contributed by atoms with E-state index in [2.05, 4.69) is 0 Å². The van der Waals surface area contributed by atoms with Gasteiger partial charge in [0.15, 0.2) is 0 Å². The molecule has 0 rings (SSSR count). The Hall–Kier alpha value is 3.82. The van der Waals surface area contributed by atoms with Gasteiger partial charge < -0.3 is 45.2 Å². The fourth-order valence-electron chi connectivity index (χ4n) is 0. The van der Waals surface area contributed by atoms with Gasteiger partial charge in [-0.15, -0.1) is 0 Å². The smallest absolute Gasteiger partial charge is 0.907 e. The molecule has 9 nitrogen and oxygen atoms in total. The number of hydrogen-bond donors (Lipinski definition) is 0. The Kier molecular flexibility index (Phi) is 74.4. The summed E-state index contributed by atoms with van der Waals surface area (Å²) in [5.41, 5.74) is 0. The van der Waals surface area contributed by atoms with Crippen molar-refractivity contribution in [3.05, 3.63) is 0 Å². The van der Waals surface area contributed by atoms with E-state index in [0.29, 0.717) is 0 Å². The molecule has 0 bridgehead atoms. The summed E-state index contributed by atoms with van der Waals surface area (Å²) in [6, 6.07) is 0. The quantitative estimate of drug-likeness (QED) is 0.232. The Morgan fingerprint density at radius 3 is 0.467 bits per heavy atom. The van der Waals surface area contributed by atoms with E-state index >= 15 is 0 Å². The van der Waals surface area contributed by atoms with Crippen LogP contribution in [0.1, 0.15) is 0 Å². The maximum Gasteiger partial charge on any atom is 3.00 e. The monoisotopic (exact) mass is 634 g/mol. The van der Waals surface area contributed by atoms with Crippen LogP contribution in [0.3, 0.4) is 0 Å². The van der Waals surface area contributed by atoms with Gasteiger partial charge in [0.05, 0.1) is 0 Å². The summed E-state index contributed by atoms with van der Waals surface area (Å²) in [5.74, 6) is 0. The van der Waals surface area contributed by atoms with Gasteiger partial charge in [0.2, 0.25) is 0 Å². The van der Waals surface area contributed by atoms with E-state index in [-0.39, 0.29) is 120 Å². The Bertz CT molecular complexity index is 53.8. The Balaban J connectivity index is -0.0000000184. The predicted octanol–water partition coefficient (Wildman–Crippen LogP) is -11.8. The van der Waals surface area contributed by atoms with Crippen molar-refractivity contribution in [2.24, 2.45) is 0 Å². The van der Waals surface area contributed by atoms with Gasteiger partial charge in [0, 0.05) is 0 Å². The first-order valence-corrected chi connectivity index (χ1v) is 2.12. The van der Waals surface area contributed by atoms with Gasteiger partial charge in [-0.3, -0.25) is 22.0 Å². The van der Waals surface area contributed by atoms with E-state index < -0.39 is 22.0 Å². The van der Waals surface area contributed by atoms with Crippen LogP contribution in [-0.2, 0) is 0 Å². The zero-order valence-electron chi connectivity index (χ0n) is 6.59. The van der Waals surface area contributed by atoms with Crippen LogP contribution in [0.15, 0.2) is 0 Å². The van der Waals surface area contributed by atoms with Crippen molar-refractivity contribution in [3.63, 3.8) is 0 Å². The van der Waals surface area contributed by atoms with Crippen molar-refractivity contribution >= 4 is 22.0 Å². The van der Waals surface area contributed by atoms with Crippen LogP contribution in [0.5, 0.6) is 0 Å². The van der Waals surface area contributed by atoms with Gasteiger partial charge in [-0.05, 0) is 0 Å². The molecule has 0 unspecified atom stereocenters. The van der Waals surface area contributed by atoms with Crippen molar-refractivity contribution in [1.82, 2.24) is 0 Å². The molecule has 15 heteroatoms. The summed E-state index contributed by atoms with van der Waals surface area (Å²) >= 11 is 0. The fraction of sp³-hybridized carbons (Fsp3) is 0. The molecule has 0 aromatic heterocycles. The molecule has 0 aliphatic heterocycles. The zero-order valence-corrected chi connectivity index (χ0v) is 14.1. The molecule has 0 aliphatic carbocycles. The fourth-order valence-corrected chi connectivity index (χ4v) is 0. The van der Waals surface area contributed by atoms with Crippen molar-refractivity contribution in [3.8, 4) is 0 Å². The zero-order chi connectivity index (χ0) is 10.7. The first-order chi connectivity index (χ1) is 5.20. The van der Waals surface area contributed by atoms with E-state index in [0.717, 1.165) is 0 Å². The summed E-state index contributed by atoms with van der Waals surface area (Å²) in [7, 11) is -8.75. The van der Waals surface area contributed by atoms with Gasteiger partial charge >= 0.3 is 120 Å². The minimum atomic E-state index is -2.92. The third kappa shape index (κ3) is 305. The third-order valence-corrected chi connectivity index (χ3v) is 0. The van der Waals surface area contributed by atoms with E-state index in [1.54, 1.807) is 0 Å². The Morgan fingerprint density at radius 2 is 0.467 bits per heavy atom.